The topological polar surface area (TPSA) is 156 Å². The quantitative estimate of drug-likeness (QED) is 0.0198. The second-order valence-electron chi connectivity index (χ2n) is 15.1. The number of carbonyl (C=O) groups excluding carboxylic acids is 3. The van der Waals surface area contributed by atoms with E-state index in [2.05, 4.69) is 43.5 Å². The van der Waals surface area contributed by atoms with E-state index in [9.17, 15) is 23.8 Å². The number of nitrogens with one attached hydrogen (secondary N) is 1. The lowest BCUT2D eigenvalue weighted by atomic mass is 10.1. The molecule has 340 valence electrons. The van der Waals surface area contributed by atoms with Crippen LogP contribution in [0.3, 0.4) is 0 Å². The highest BCUT2D eigenvalue weighted by Crippen LogP contribution is 2.43. The minimum absolute atomic E-state index is 0.0597. The zero-order chi connectivity index (χ0) is 42.6. The van der Waals surface area contributed by atoms with Crippen molar-refractivity contribution in [3.63, 3.8) is 0 Å². The Morgan fingerprint density at radius 3 is 1.48 bits per heavy atom. The third kappa shape index (κ3) is 41.9. The van der Waals surface area contributed by atoms with Crippen LogP contribution in [-0.2, 0) is 42.1 Å². The molecule has 0 aromatic rings. The van der Waals surface area contributed by atoms with Gasteiger partial charge in [0, 0.05) is 26.5 Å². The molecule has 0 aliphatic heterocycles. The van der Waals surface area contributed by atoms with Gasteiger partial charge in [-0.15, -0.1) is 0 Å². The smallest absolute Gasteiger partial charge is 0.462 e. The third-order valence-electron chi connectivity index (χ3n) is 9.58. The maximum Gasteiger partial charge on any atom is 0.472 e. The highest BCUT2D eigenvalue weighted by atomic mass is 31.2. The molecule has 0 saturated carbocycles. The van der Waals surface area contributed by atoms with Gasteiger partial charge in [-0.05, 0) is 64.2 Å². The summed E-state index contributed by atoms with van der Waals surface area (Å²) < 4.78 is 43.1. The van der Waals surface area contributed by atoms with Crippen LogP contribution < -0.4 is 5.32 Å². The molecule has 0 aromatic carbocycles. The molecule has 0 heterocycles. The molecule has 2 atom stereocenters. The molecule has 12 nitrogen and oxygen atoms in total. The molecule has 1 amide bonds. The number of allylic oxidation sites excluding steroid dienone is 4. The van der Waals surface area contributed by atoms with E-state index in [1.54, 1.807) is 0 Å². The van der Waals surface area contributed by atoms with Gasteiger partial charge in [-0.3, -0.25) is 18.6 Å². The summed E-state index contributed by atoms with van der Waals surface area (Å²) in [5, 5.41) is 2.38. The fourth-order valence-corrected chi connectivity index (χ4v) is 6.85. The van der Waals surface area contributed by atoms with Crippen molar-refractivity contribution in [2.45, 2.75) is 200 Å². The first-order chi connectivity index (χ1) is 28.2. The van der Waals surface area contributed by atoms with Gasteiger partial charge in [0.2, 0.25) is 0 Å². The molecule has 0 rings (SSSR count). The predicted octanol–water partition coefficient (Wildman–Crippen LogP) is 12.0. The molecule has 2 N–H and O–H groups in total. The molecule has 0 aliphatic rings. The van der Waals surface area contributed by atoms with E-state index in [4.69, 9.17) is 28.0 Å². The number of esters is 2. The van der Waals surface area contributed by atoms with Gasteiger partial charge < -0.3 is 29.2 Å². The first-order valence-corrected chi connectivity index (χ1v) is 24.4. The number of phosphoric ester groups is 1. The van der Waals surface area contributed by atoms with Crippen LogP contribution in [-0.4, -0.2) is 75.7 Å². The summed E-state index contributed by atoms with van der Waals surface area (Å²) in [5.41, 5.74) is 0. The second kappa shape index (κ2) is 42.9. The van der Waals surface area contributed by atoms with Crippen LogP contribution in [0.4, 0.5) is 4.79 Å². The van der Waals surface area contributed by atoms with Crippen LogP contribution in [0.5, 0.6) is 0 Å². The van der Waals surface area contributed by atoms with Crippen molar-refractivity contribution in [3.8, 4) is 0 Å². The first-order valence-electron chi connectivity index (χ1n) is 22.9. The molecule has 1 unspecified atom stereocenters. The van der Waals surface area contributed by atoms with Gasteiger partial charge in [0.25, 0.3) is 0 Å². The van der Waals surface area contributed by atoms with Crippen LogP contribution in [0, 0.1) is 0 Å². The van der Waals surface area contributed by atoms with E-state index in [0.29, 0.717) is 12.8 Å². The zero-order valence-electron chi connectivity index (χ0n) is 36.9. The normalized spacial score (nSPS) is 13.2. The Kier molecular flexibility index (Phi) is 41.2. The van der Waals surface area contributed by atoms with Gasteiger partial charge in [-0.25, -0.2) is 9.36 Å². The Balaban J connectivity index is 4.50. The Bertz CT molecular complexity index is 1070. The lowest BCUT2D eigenvalue weighted by Crippen LogP contribution is -2.30. The Morgan fingerprint density at radius 1 is 0.552 bits per heavy atom. The van der Waals surface area contributed by atoms with Gasteiger partial charge in [-0.1, -0.05) is 141 Å². The zero-order valence-corrected chi connectivity index (χ0v) is 37.8. The lowest BCUT2D eigenvalue weighted by molar-refractivity contribution is -0.161. The number of alkyl carbamates (subject to hydrolysis) is 1. The maximum atomic E-state index is 12.7. The van der Waals surface area contributed by atoms with Crippen molar-refractivity contribution in [1.82, 2.24) is 5.32 Å². The van der Waals surface area contributed by atoms with Gasteiger partial charge in [-0.2, -0.15) is 0 Å². The maximum absolute atomic E-state index is 12.7. The van der Waals surface area contributed by atoms with Crippen LogP contribution in [0.25, 0.3) is 0 Å². The summed E-state index contributed by atoms with van der Waals surface area (Å²) >= 11 is 0. The summed E-state index contributed by atoms with van der Waals surface area (Å²) in [6, 6.07) is 0. The Hall–Kier alpha value is -2.24. The van der Waals surface area contributed by atoms with Crippen LogP contribution in [0.1, 0.15) is 194 Å². The van der Waals surface area contributed by atoms with E-state index in [1.807, 2.05) is 0 Å². The SMILES string of the molecule is CCCCCCCC/C=C/CCCCCCCC(=O)OC[C@H](COP(=O)(O)OCCNC(=O)OCCOC)OC(=O)CCCCCCC/C=C/CCCCCCCC. The summed E-state index contributed by atoms with van der Waals surface area (Å²) in [4.78, 5) is 47.0. The van der Waals surface area contributed by atoms with E-state index in [1.165, 1.54) is 90.6 Å². The van der Waals surface area contributed by atoms with Crippen LogP contribution in [0.15, 0.2) is 24.3 Å². The molecule has 0 fully saturated rings. The van der Waals surface area contributed by atoms with Crippen molar-refractivity contribution in [1.29, 1.82) is 0 Å². The molecule has 0 spiro atoms. The number of phosphoric acid groups is 1. The highest BCUT2D eigenvalue weighted by Gasteiger charge is 2.26. The first kappa shape index (κ1) is 55.8. The summed E-state index contributed by atoms with van der Waals surface area (Å²) in [7, 11) is -3.10. The molecule has 0 aliphatic carbocycles. The largest absolute Gasteiger partial charge is 0.472 e. The second-order valence-corrected chi connectivity index (χ2v) is 16.6. The minimum atomic E-state index is -4.58. The van der Waals surface area contributed by atoms with Crippen molar-refractivity contribution in [3.05, 3.63) is 24.3 Å². The molecule has 0 aromatic heterocycles. The Morgan fingerprint density at radius 2 is 1.00 bits per heavy atom. The number of hydrogen-bond donors (Lipinski definition) is 2. The fourth-order valence-electron chi connectivity index (χ4n) is 6.10. The summed E-state index contributed by atoms with van der Waals surface area (Å²) in [6.45, 7) is 3.51. The third-order valence-corrected chi connectivity index (χ3v) is 10.6. The average Bonchev–Trinajstić information content (AvgIpc) is 3.20. The predicted molar refractivity (Wildman–Crippen MR) is 233 cm³/mol. The Labute approximate surface area is 352 Å². The fraction of sp³-hybridized carbons (Fsp3) is 0.844. The van der Waals surface area contributed by atoms with Crippen LogP contribution in [0.2, 0.25) is 0 Å². The van der Waals surface area contributed by atoms with E-state index < -0.39 is 38.6 Å². The summed E-state index contributed by atoms with van der Waals surface area (Å²) in [6.07, 6.45) is 37.7. The number of ether oxygens (including phenoxy) is 4. The summed E-state index contributed by atoms with van der Waals surface area (Å²) in [5.74, 6) is -0.924. The van der Waals surface area contributed by atoms with Gasteiger partial charge in [0.15, 0.2) is 6.10 Å². The van der Waals surface area contributed by atoms with E-state index >= 15 is 0 Å². The number of unbranched alkanes of at least 4 members (excludes halogenated alkanes) is 22. The molecule has 58 heavy (non-hydrogen) atoms. The number of amides is 1. The minimum Gasteiger partial charge on any atom is -0.462 e. The van der Waals surface area contributed by atoms with E-state index in [-0.39, 0.29) is 45.8 Å². The molecule has 0 saturated heterocycles. The molecule has 0 radical (unpaired) electrons. The van der Waals surface area contributed by atoms with Crippen molar-refractivity contribution < 1.29 is 51.8 Å². The molecule has 0 bridgehead atoms. The van der Waals surface area contributed by atoms with Crippen LogP contribution >= 0.6 is 7.82 Å². The number of hydrogen-bond acceptors (Lipinski definition) is 10. The molecule has 13 heteroatoms. The lowest BCUT2D eigenvalue weighted by Gasteiger charge is -2.20. The standard InChI is InChI=1S/C45H84NO11P/c1-4-6-8-10-12-14-16-18-20-22-24-26-28-30-32-34-43(47)54-40-42(41-56-58(50,51)55-37-36-46-45(49)53-39-38-52-3)57-44(48)35-33-31-29-27-25-23-21-19-17-15-13-11-9-7-5-2/h18-21,42H,4-17,22-41H2,1-3H3,(H,46,49)(H,50,51)/b20-18+,21-19+/t42-/m1/s1. The average molecular weight is 846 g/mol. The number of methoxy groups -OCH3 is 1. The number of rotatable bonds is 43. The number of carbonyl (C=O) groups is 3. The van der Waals surface area contributed by atoms with Crippen molar-refractivity contribution in [2.75, 3.05) is 46.7 Å². The highest BCUT2D eigenvalue weighted by molar-refractivity contribution is 7.47. The molecular formula is C45H84NO11P. The molecular weight excluding hydrogens is 761 g/mol. The van der Waals surface area contributed by atoms with Gasteiger partial charge in [0.1, 0.15) is 13.2 Å². The van der Waals surface area contributed by atoms with Gasteiger partial charge >= 0.3 is 25.9 Å². The van der Waals surface area contributed by atoms with Crippen molar-refractivity contribution in [2.24, 2.45) is 0 Å². The van der Waals surface area contributed by atoms with Gasteiger partial charge in [0.05, 0.1) is 19.8 Å². The van der Waals surface area contributed by atoms with Crippen molar-refractivity contribution >= 4 is 25.9 Å². The monoisotopic (exact) mass is 846 g/mol. The van der Waals surface area contributed by atoms with E-state index in [0.717, 1.165) is 70.6 Å².